The Hall–Kier alpha value is -3.46. The molecule has 1 N–H and O–H groups in total. The van der Waals surface area contributed by atoms with Crippen molar-refractivity contribution in [2.24, 2.45) is 0 Å². The summed E-state index contributed by atoms with van der Waals surface area (Å²) in [5, 5.41) is 18.8. The van der Waals surface area contributed by atoms with E-state index in [4.69, 9.17) is 5.11 Å². The Bertz CT molecular complexity index is 1580. The highest BCUT2D eigenvalue weighted by Gasteiger charge is 2.18. The SMILES string of the molecule is CCCCCCc1ccc2c3cccc4c(C(=O)CCCCCCCCC(=O)O)ccc(c5cccc1c25)c43. The van der Waals surface area contributed by atoms with Crippen LogP contribution in [0.25, 0.3) is 43.1 Å². The molecule has 5 rings (SSSR count). The van der Waals surface area contributed by atoms with Gasteiger partial charge in [0.25, 0.3) is 0 Å². The van der Waals surface area contributed by atoms with Crippen molar-refractivity contribution in [3.05, 3.63) is 71.8 Å². The van der Waals surface area contributed by atoms with Gasteiger partial charge in [0.2, 0.25) is 0 Å². The van der Waals surface area contributed by atoms with Gasteiger partial charge in [0.1, 0.15) is 0 Å². The third-order valence-electron chi connectivity index (χ3n) is 8.40. The van der Waals surface area contributed by atoms with Crippen molar-refractivity contribution in [3.63, 3.8) is 0 Å². The van der Waals surface area contributed by atoms with Gasteiger partial charge in [-0.05, 0) is 74.3 Å². The summed E-state index contributed by atoms with van der Waals surface area (Å²) in [5.74, 6) is -0.500. The van der Waals surface area contributed by atoms with Gasteiger partial charge in [-0.1, -0.05) is 113 Å². The number of carbonyl (C=O) groups excluding carboxylic acids is 1. The molecule has 0 saturated carbocycles. The van der Waals surface area contributed by atoms with Gasteiger partial charge >= 0.3 is 5.97 Å². The molecule has 0 aliphatic carbocycles. The summed E-state index contributed by atoms with van der Waals surface area (Å²) in [6.07, 6.45) is 12.7. The molecule has 39 heavy (non-hydrogen) atoms. The lowest BCUT2D eigenvalue weighted by molar-refractivity contribution is -0.137. The zero-order valence-electron chi connectivity index (χ0n) is 23.2. The number of carbonyl (C=O) groups is 2. The molecule has 0 aromatic heterocycles. The fraction of sp³-hybridized carbons (Fsp3) is 0.389. The molecule has 202 valence electrons. The Balaban J connectivity index is 1.41. The number of fused-ring (bicyclic) bond motifs is 2. The first kappa shape index (κ1) is 27.1. The number of benzene rings is 5. The van der Waals surface area contributed by atoms with Crippen LogP contribution in [0.1, 0.15) is 99.9 Å². The van der Waals surface area contributed by atoms with Crippen LogP contribution in [0.5, 0.6) is 0 Å². The van der Waals surface area contributed by atoms with E-state index in [0.717, 1.165) is 55.9 Å². The standard InChI is InChI=1S/C36H40O3/c1-2-3-4-9-14-25-21-22-31-30-18-13-16-28-27(33(37)19-10-7-5-6-8-11-20-34(38)39)23-24-32(36(28)30)29-17-12-15-26(25)35(29)31/h12-13,15-18,21-24H,2-11,14,19-20H2,1H3,(H,38,39). The third-order valence-corrected chi connectivity index (χ3v) is 8.40. The van der Waals surface area contributed by atoms with E-state index in [1.807, 2.05) is 6.07 Å². The van der Waals surface area contributed by atoms with Crippen molar-refractivity contribution in [3.8, 4) is 0 Å². The van der Waals surface area contributed by atoms with Crippen molar-refractivity contribution >= 4 is 54.8 Å². The smallest absolute Gasteiger partial charge is 0.303 e. The van der Waals surface area contributed by atoms with E-state index in [0.29, 0.717) is 6.42 Å². The Morgan fingerprint density at radius 1 is 0.564 bits per heavy atom. The number of aryl methyl sites for hydroxylation is 1. The summed E-state index contributed by atoms with van der Waals surface area (Å²) in [7, 11) is 0. The first-order valence-electron chi connectivity index (χ1n) is 15.0. The molecule has 0 atom stereocenters. The molecular formula is C36H40O3. The fourth-order valence-corrected chi connectivity index (χ4v) is 6.38. The van der Waals surface area contributed by atoms with Crippen molar-refractivity contribution in [2.75, 3.05) is 0 Å². The molecule has 0 saturated heterocycles. The molecule has 0 unspecified atom stereocenters. The van der Waals surface area contributed by atoms with Crippen LogP contribution in [0.15, 0.2) is 60.7 Å². The van der Waals surface area contributed by atoms with Gasteiger partial charge in [-0.25, -0.2) is 0 Å². The normalized spacial score (nSPS) is 11.8. The van der Waals surface area contributed by atoms with Crippen LogP contribution in [0.3, 0.4) is 0 Å². The van der Waals surface area contributed by atoms with Gasteiger partial charge in [-0.15, -0.1) is 0 Å². The number of carboxylic acids is 1. The largest absolute Gasteiger partial charge is 0.481 e. The van der Waals surface area contributed by atoms with Crippen molar-refractivity contribution in [1.29, 1.82) is 0 Å². The lowest BCUT2D eigenvalue weighted by Crippen LogP contribution is -2.01. The highest BCUT2D eigenvalue weighted by atomic mass is 16.4. The van der Waals surface area contributed by atoms with E-state index >= 15 is 0 Å². The van der Waals surface area contributed by atoms with Gasteiger partial charge in [-0.3, -0.25) is 9.59 Å². The summed E-state index contributed by atoms with van der Waals surface area (Å²) in [6, 6.07) is 22.0. The number of Topliss-reactive ketones (excluding diaryl/α,β-unsaturated/α-hetero) is 1. The second-order valence-corrected chi connectivity index (χ2v) is 11.1. The van der Waals surface area contributed by atoms with Crippen LogP contribution in [0, 0.1) is 0 Å². The zero-order chi connectivity index (χ0) is 27.2. The number of rotatable bonds is 15. The maximum atomic E-state index is 13.4. The topological polar surface area (TPSA) is 54.4 Å². The highest BCUT2D eigenvalue weighted by Crippen LogP contribution is 2.42. The summed E-state index contributed by atoms with van der Waals surface area (Å²) in [4.78, 5) is 24.0. The van der Waals surface area contributed by atoms with Crippen LogP contribution in [-0.4, -0.2) is 16.9 Å². The lowest BCUT2D eigenvalue weighted by atomic mass is 9.85. The van der Waals surface area contributed by atoms with E-state index in [1.165, 1.54) is 69.0 Å². The number of ketones is 1. The van der Waals surface area contributed by atoms with Crippen LogP contribution in [0.2, 0.25) is 0 Å². The molecule has 0 spiro atoms. The van der Waals surface area contributed by atoms with E-state index in [9.17, 15) is 9.59 Å². The number of hydrogen-bond donors (Lipinski definition) is 1. The number of carboxylic acid groups (broad SMARTS) is 1. The maximum absolute atomic E-state index is 13.4. The molecule has 0 heterocycles. The lowest BCUT2D eigenvalue weighted by Gasteiger charge is -2.17. The number of hydrogen-bond acceptors (Lipinski definition) is 2. The van der Waals surface area contributed by atoms with E-state index in [1.54, 1.807) is 0 Å². The van der Waals surface area contributed by atoms with Gasteiger partial charge in [0, 0.05) is 18.4 Å². The number of aliphatic carboxylic acids is 1. The summed E-state index contributed by atoms with van der Waals surface area (Å²) in [6.45, 7) is 2.26. The Labute approximate surface area is 231 Å². The van der Waals surface area contributed by atoms with Crippen LogP contribution >= 0.6 is 0 Å². The van der Waals surface area contributed by atoms with Gasteiger partial charge in [-0.2, -0.15) is 0 Å². The third kappa shape index (κ3) is 5.78. The van der Waals surface area contributed by atoms with Gasteiger partial charge in [0.15, 0.2) is 5.78 Å². The molecule has 0 fully saturated rings. The zero-order valence-corrected chi connectivity index (χ0v) is 23.2. The molecule has 0 amide bonds. The molecular weight excluding hydrogens is 480 g/mol. The monoisotopic (exact) mass is 520 g/mol. The van der Waals surface area contributed by atoms with E-state index in [2.05, 4.69) is 61.5 Å². The average Bonchev–Trinajstić information content (AvgIpc) is 2.95. The minimum atomic E-state index is -0.718. The maximum Gasteiger partial charge on any atom is 0.303 e. The minimum Gasteiger partial charge on any atom is -0.481 e. The average molecular weight is 521 g/mol. The summed E-state index contributed by atoms with van der Waals surface area (Å²) < 4.78 is 0. The highest BCUT2D eigenvalue weighted by molar-refractivity contribution is 6.34. The van der Waals surface area contributed by atoms with Crippen LogP contribution < -0.4 is 0 Å². The second-order valence-electron chi connectivity index (χ2n) is 11.1. The van der Waals surface area contributed by atoms with Crippen molar-refractivity contribution in [2.45, 2.75) is 90.4 Å². The first-order valence-corrected chi connectivity index (χ1v) is 15.0. The van der Waals surface area contributed by atoms with Crippen molar-refractivity contribution < 1.29 is 14.7 Å². The Kier molecular flexibility index (Phi) is 8.76. The van der Waals surface area contributed by atoms with Gasteiger partial charge in [0.05, 0.1) is 0 Å². The minimum absolute atomic E-state index is 0.219. The second kappa shape index (κ2) is 12.6. The van der Waals surface area contributed by atoms with Crippen LogP contribution in [0.4, 0.5) is 0 Å². The molecule has 0 bridgehead atoms. The van der Waals surface area contributed by atoms with E-state index < -0.39 is 5.97 Å². The predicted molar refractivity (Wildman–Crippen MR) is 164 cm³/mol. The molecule has 5 aromatic carbocycles. The first-order chi connectivity index (χ1) is 19.1. The van der Waals surface area contributed by atoms with Crippen LogP contribution in [-0.2, 0) is 11.2 Å². The fourth-order valence-electron chi connectivity index (χ4n) is 6.38. The molecule has 5 aromatic rings. The Morgan fingerprint density at radius 2 is 1.10 bits per heavy atom. The molecule has 0 aliphatic rings. The summed E-state index contributed by atoms with van der Waals surface area (Å²) in [5.41, 5.74) is 2.27. The quantitative estimate of drug-likeness (QED) is 0.0646. The predicted octanol–water partition coefficient (Wildman–Crippen LogP) is 10.2. The summed E-state index contributed by atoms with van der Waals surface area (Å²) >= 11 is 0. The molecule has 3 heteroatoms. The van der Waals surface area contributed by atoms with Gasteiger partial charge < -0.3 is 5.11 Å². The number of unbranched alkanes of at least 4 members (excludes halogenated alkanes) is 8. The molecule has 3 nitrogen and oxygen atoms in total. The Morgan fingerprint density at radius 3 is 1.79 bits per heavy atom. The van der Waals surface area contributed by atoms with Crippen molar-refractivity contribution in [1.82, 2.24) is 0 Å². The molecule has 0 aliphatic heterocycles. The molecule has 0 radical (unpaired) electrons. The van der Waals surface area contributed by atoms with E-state index in [-0.39, 0.29) is 12.2 Å².